The highest BCUT2D eigenvalue weighted by Crippen LogP contribution is 2.23. The lowest BCUT2D eigenvalue weighted by Crippen LogP contribution is -2.27. The fourth-order valence-corrected chi connectivity index (χ4v) is 3.29. The molecule has 26 heavy (non-hydrogen) atoms. The van der Waals surface area contributed by atoms with Gasteiger partial charge in [0.1, 0.15) is 5.75 Å². The molecule has 2 aromatic carbocycles. The standard InChI is InChI=1S/C18H19N5O2S/c1-23(17(24)12-26-16-8-4-7-15(10-16)25-2)11-13-5-3-6-14(9-13)18-19-21-22-20-18/h3-10H,11-12H2,1-2H3,(H,19,20,21,22). The molecule has 7 nitrogen and oxygen atoms in total. The van der Waals surface area contributed by atoms with Gasteiger partial charge < -0.3 is 9.64 Å². The Kier molecular flexibility index (Phi) is 5.85. The molecule has 0 fully saturated rings. The van der Waals surface area contributed by atoms with E-state index in [4.69, 9.17) is 4.74 Å². The summed E-state index contributed by atoms with van der Waals surface area (Å²) in [7, 11) is 3.43. The molecule has 1 amide bonds. The maximum Gasteiger partial charge on any atom is 0.232 e. The third kappa shape index (κ3) is 4.60. The van der Waals surface area contributed by atoms with Gasteiger partial charge in [0.15, 0.2) is 0 Å². The van der Waals surface area contributed by atoms with Gasteiger partial charge in [-0.05, 0) is 35.0 Å². The van der Waals surface area contributed by atoms with E-state index in [1.807, 2.05) is 48.5 Å². The first-order chi connectivity index (χ1) is 12.7. The molecule has 0 unspecified atom stereocenters. The molecule has 8 heteroatoms. The highest BCUT2D eigenvalue weighted by Gasteiger charge is 2.11. The van der Waals surface area contributed by atoms with Crippen molar-refractivity contribution in [1.29, 1.82) is 0 Å². The van der Waals surface area contributed by atoms with E-state index in [-0.39, 0.29) is 5.91 Å². The molecule has 134 valence electrons. The molecule has 1 aromatic heterocycles. The molecule has 0 spiro atoms. The summed E-state index contributed by atoms with van der Waals surface area (Å²) in [6, 6.07) is 15.5. The van der Waals surface area contributed by atoms with Crippen molar-refractivity contribution in [3.8, 4) is 17.1 Å². The summed E-state index contributed by atoms with van der Waals surface area (Å²) in [6.45, 7) is 0.517. The Morgan fingerprint density at radius 1 is 1.23 bits per heavy atom. The summed E-state index contributed by atoms with van der Waals surface area (Å²) >= 11 is 1.49. The van der Waals surface area contributed by atoms with Crippen molar-refractivity contribution in [1.82, 2.24) is 25.5 Å². The van der Waals surface area contributed by atoms with Gasteiger partial charge >= 0.3 is 0 Å². The Morgan fingerprint density at radius 2 is 2.08 bits per heavy atom. The van der Waals surface area contributed by atoms with E-state index < -0.39 is 0 Å². The third-order valence-corrected chi connectivity index (χ3v) is 4.76. The van der Waals surface area contributed by atoms with Crippen LogP contribution in [0, 0.1) is 0 Å². The monoisotopic (exact) mass is 369 g/mol. The number of tetrazole rings is 1. The van der Waals surface area contributed by atoms with Crippen LogP contribution in [-0.2, 0) is 11.3 Å². The average Bonchev–Trinajstić information content (AvgIpc) is 3.21. The summed E-state index contributed by atoms with van der Waals surface area (Å²) in [6.07, 6.45) is 0. The normalized spacial score (nSPS) is 10.5. The number of thioether (sulfide) groups is 1. The van der Waals surface area contributed by atoms with Crippen LogP contribution in [0.15, 0.2) is 53.4 Å². The zero-order valence-corrected chi connectivity index (χ0v) is 15.4. The van der Waals surface area contributed by atoms with Crippen molar-refractivity contribution in [3.05, 3.63) is 54.1 Å². The van der Waals surface area contributed by atoms with Crippen molar-refractivity contribution in [2.24, 2.45) is 0 Å². The summed E-state index contributed by atoms with van der Waals surface area (Å²) in [5, 5.41) is 14.0. The lowest BCUT2D eigenvalue weighted by atomic mass is 10.1. The predicted octanol–water partition coefficient (Wildman–Crippen LogP) is 2.63. The number of ether oxygens (including phenoxy) is 1. The first-order valence-corrected chi connectivity index (χ1v) is 8.98. The fraction of sp³-hybridized carbons (Fsp3) is 0.222. The van der Waals surface area contributed by atoms with Gasteiger partial charge in [0.25, 0.3) is 0 Å². The van der Waals surface area contributed by atoms with Gasteiger partial charge in [-0.2, -0.15) is 5.21 Å². The van der Waals surface area contributed by atoms with Crippen LogP contribution in [0.2, 0.25) is 0 Å². The molecular formula is C18H19N5O2S. The molecule has 1 heterocycles. The van der Waals surface area contributed by atoms with Gasteiger partial charge in [-0.3, -0.25) is 4.79 Å². The van der Waals surface area contributed by atoms with Crippen LogP contribution >= 0.6 is 11.8 Å². The summed E-state index contributed by atoms with van der Waals surface area (Å²) < 4.78 is 5.20. The number of nitrogens with zero attached hydrogens (tertiary/aromatic N) is 4. The van der Waals surface area contributed by atoms with Gasteiger partial charge in [0.05, 0.1) is 12.9 Å². The molecule has 0 radical (unpaired) electrons. The average molecular weight is 369 g/mol. The van der Waals surface area contributed by atoms with Crippen molar-refractivity contribution >= 4 is 17.7 Å². The third-order valence-electron chi connectivity index (χ3n) is 3.78. The first kappa shape index (κ1) is 17.9. The van der Waals surface area contributed by atoms with E-state index in [0.29, 0.717) is 18.1 Å². The van der Waals surface area contributed by atoms with Crippen LogP contribution in [0.5, 0.6) is 5.75 Å². The van der Waals surface area contributed by atoms with Gasteiger partial charge in [-0.15, -0.1) is 22.0 Å². The van der Waals surface area contributed by atoms with Crippen LogP contribution in [0.1, 0.15) is 5.56 Å². The highest BCUT2D eigenvalue weighted by molar-refractivity contribution is 8.00. The number of aromatic amines is 1. The molecule has 0 bridgehead atoms. The molecule has 0 aliphatic heterocycles. The number of carbonyl (C=O) groups excluding carboxylic acids is 1. The van der Waals surface area contributed by atoms with Crippen molar-refractivity contribution < 1.29 is 9.53 Å². The Balaban J connectivity index is 1.58. The second kappa shape index (κ2) is 8.48. The minimum Gasteiger partial charge on any atom is -0.497 e. The van der Waals surface area contributed by atoms with Crippen molar-refractivity contribution in [2.75, 3.05) is 19.9 Å². The molecule has 1 N–H and O–H groups in total. The van der Waals surface area contributed by atoms with Crippen LogP contribution in [0.4, 0.5) is 0 Å². The van der Waals surface area contributed by atoms with E-state index >= 15 is 0 Å². The number of rotatable bonds is 7. The Bertz CT molecular complexity index is 870. The lowest BCUT2D eigenvalue weighted by molar-refractivity contribution is -0.127. The SMILES string of the molecule is COc1cccc(SCC(=O)N(C)Cc2cccc(-c3nn[nH]n3)c2)c1. The van der Waals surface area contributed by atoms with E-state index in [2.05, 4.69) is 20.6 Å². The van der Waals surface area contributed by atoms with Gasteiger partial charge in [-0.25, -0.2) is 0 Å². The number of carbonyl (C=O) groups is 1. The van der Waals surface area contributed by atoms with Gasteiger partial charge in [0.2, 0.25) is 11.7 Å². The molecule has 0 saturated carbocycles. The zero-order chi connectivity index (χ0) is 18.4. The number of hydrogen-bond acceptors (Lipinski definition) is 6. The largest absolute Gasteiger partial charge is 0.497 e. The molecule has 3 rings (SSSR count). The molecule has 0 aliphatic carbocycles. The maximum atomic E-state index is 12.4. The quantitative estimate of drug-likeness (QED) is 0.645. The van der Waals surface area contributed by atoms with E-state index in [9.17, 15) is 4.79 Å². The van der Waals surface area contributed by atoms with E-state index in [0.717, 1.165) is 21.8 Å². The zero-order valence-electron chi connectivity index (χ0n) is 14.5. The molecule has 0 aliphatic rings. The van der Waals surface area contributed by atoms with Crippen LogP contribution in [0.25, 0.3) is 11.4 Å². The summed E-state index contributed by atoms with van der Waals surface area (Å²) in [5.74, 6) is 1.75. The number of hydrogen-bond donors (Lipinski definition) is 1. The van der Waals surface area contributed by atoms with Gasteiger partial charge in [0, 0.05) is 24.1 Å². The second-order valence-corrected chi connectivity index (χ2v) is 6.70. The van der Waals surface area contributed by atoms with Crippen LogP contribution in [0.3, 0.4) is 0 Å². The second-order valence-electron chi connectivity index (χ2n) is 5.65. The highest BCUT2D eigenvalue weighted by atomic mass is 32.2. The minimum absolute atomic E-state index is 0.0581. The van der Waals surface area contributed by atoms with Crippen molar-refractivity contribution in [3.63, 3.8) is 0 Å². The molecule has 0 saturated heterocycles. The Morgan fingerprint density at radius 3 is 2.85 bits per heavy atom. The number of aromatic nitrogens is 4. The topological polar surface area (TPSA) is 84.0 Å². The van der Waals surface area contributed by atoms with Gasteiger partial charge in [-0.1, -0.05) is 24.3 Å². The van der Waals surface area contributed by atoms with Crippen LogP contribution in [-0.4, -0.2) is 51.3 Å². The number of nitrogens with one attached hydrogen (secondary N) is 1. The Labute approximate surface area is 155 Å². The minimum atomic E-state index is 0.0581. The number of amides is 1. The number of benzene rings is 2. The number of H-pyrrole nitrogens is 1. The lowest BCUT2D eigenvalue weighted by Gasteiger charge is -2.17. The first-order valence-electron chi connectivity index (χ1n) is 7.99. The molecule has 3 aromatic rings. The molecular weight excluding hydrogens is 350 g/mol. The fourth-order valence-electron chi connectivity index (χ4n) is 2.40. The Hall–Kier alpha value is -2.87. The smallest absolute Gasteiger partial charge is 0.232 e. The number of methoxy groups -OCH3 is 1. The van der Waals surface area contributed by atoms with E-state index in [1.54, 1.807) is 19.1 Å². The van der Waals surface area contributed by atoms with Crippen molar-refractivity contribution in [2.45, 2.75) is 11.4 Å². The summed E-state index contributed by atoms with van der Waals surface area (Å²) in [4.78, 5) is 15.1. The van der Waals surface area contributed by atoms with E-state index in [1.165, 1.54) is 11.8 Å². The van der Waals surface area contributed by atoms with Crippen LogP contribution < -0.4 is 4.74 Å². The predicted molar refractivity (Wildman–Crippen MR) is 99.8 cm³/mol. The molecule has 0 atom stereocenters. The summed E-state index contributed by atoms with van der Waals surface area (Å²) in [5.41, 5.74) is 1.87. The maximum absolute atomic E-state index is 12.4.